The summed E-state index contributed by atoms with van der Waals surface area (Å²) in [6.45, 7) is 13.0. The van der Waals surface area contributed by atoms with Crippen LogP contribution in [0, 0.1) is 11.6 Å². The van der Waals surface area contributed by atoms with Gasteiger partial charge in [0.05, 0.1) is 23.7 Å². The Morgan fingerprint density at radius 2 is 1.72 bits per heavy atom. The fraction of sp³-hybridized carbons (Fsp3) is 0.190. The van der Waals surface area contributed by atoms with Crippen molar-refractivity contribution in [3.05, 3.63) is 157 Å². The predicted molar refractivity (Wildman–Crippen MR) is 208 cm³/mol. The first-order valence-electron chi connectivity index (χ1n) is 17.1. The average Bonchev–Trinajstić information content (AvgIpc) is 3.85. The molecule has 0 saturated carbocycles. The van der Waals surface area contributed by atoms with E-state index in [2.05, 4.69) is 26.9 Å². The van der Waals surface area contributed by atoms with Gasteiger partial charge in [-0.15, -0.1) is 6.58 Å². The SMILES string of the molecule is C=CC.CC.CC(C)Oc1cc(N=C(N)c2ccccn2)ccc1-c1ccc(C(=O)NCc2ccc(-c3ccc(F)cc3)cc2F)o1.Cn1ccnc1. The summed E-state index contributed by atoms with van der Waals surface area (Å²) in [7, 11) is 1.94. The van der Waals surface area contributed by atoms with Gasteiger partial charge in [0.1, 0.15) is 34.7 Å². The number of aromatic nitrogens is 3. The maximum atomic E-state index is 14.8. The minimum atomic E-state index is -0.501. The first-order chi connectivity index (χ1) is 25.6. The van der Waals surface area contributed by atoms with Gasteiger partial charge in [-0.2, -0.15) is 0 Å². The molecule has 3 N–H and O–H groups in total. The summed E-state index contributed by atoms with van der Waals surface area (Å²) in [5, 5.41) is 2.69. The minimum absolute atomic E-state index is 0.0451. The molecule has 0 saturated heterocycles. The molecule has 0 aliphatic carbocycles. The second kappa shape index (κ2) is 21.1. The molecule has 9 nitrogen and oxygen atoms in total. The number of nitrogens with one attached hydrogen (secondary N) is 1. The van der Waals surface area contributed by atoms with E-state index in [9.17, 15) is 13.6 Å². The van der Waals surface area contributed by atoms with Gasteiger partial charge in [0.2, 0.25) is 0 Å². The summed E-state index contributed by atoms with van der Waals surface area (Å²) >= 11 is 0. The van der Waals surface area contributed by atoms with Crippen LogP contribution in [0.25, 0.3) is 22.5 Å². The molecule has 0 fully saturated rings. The normalized spacial score (nSPS) is 10.5. The van der Waals surface area contributed by atoms with Crippen molar-refractivity contribution in [3.63, 3.8) is 0 Å². The second-order valence-corrected chi connectivity index (χ2v) is 11.4. The molecule has 0 radical (unpaired) electrons. The van der Waals surface area contributed by atoms with E-state index in [0.29, 0.717) is 45.1 Å². The number of rotatable bonds is 9. The van der Waals surface area contributed by atoms with Crippen LogP contribution in [0.5, 0.6) is 5.75 Å². The number of carbonyl (C=O) groups excluding carboxylic acids is 1. The monoisotopic (exact) mass is 720 g/mol. The molecule has 3 aromatic heterocycles. The predicted octanol–water partition coefficient (Wildman–Crippen LogP) is 9.68. The molecule has 1 amide bonds. The van der Waals surface area contributed by atoms with Crippen molar-refractivity contribution in [2.24, 2.45) is 17.8 Å². The fourth-order valence-electron chi connectivity index (χ4n) is 4.55. The molecule has 3 aromatic carbocycles. The number of aryl methyl sites for hydroxylation is 1. The Bertz CT molecular complexity index is 2040. The molecule has 53 heavy (non-hydrogen) atoms. The number of halogens is 2. The number of aliphatic imine (C=N–C) groups is 1. The molecule has 6 aromatic rings. The summed E-state index contributed by atoms with van der Waals surface area (Å²) in [6, 6.07) is 24.3. The van der Waals surface area contributed by atoms with E-state index >= 15 is 0 Å². The van der Waals surface area contributed by atoms with Crippen molar-refractivity contribution < 1.29 is 22.7 Å². The highest BCUT2D eigenvalue weighted by Crippen LogP contribution is 2.35. The highest BCUT2D eigenvalue weighted by molar-refractivity contribution is 5.97. The first-order valence-corrected chi connectivity index (χ1v) is 17.1. The Labute approximate surface area is 309 Å². The molecule has 0 unspecified atom stereocenters. The number of pyridine rings is 1. The third-order valence-electron chi connectivity index (χ3n) is 6.91. The molecule has 0 aliphatic heterocycles. The summed E-state index contributed by atoms with van der Waals surface area (Å²) in [6.07, 6.45) is 8.64. The molecular weight excluding hydrogens is 674 g/mol. The Morgan fingerprint density at radius 3 is 2.30 bits per heavy atom. The number of benzene rings is 3. The Hall–Kier alpha value is -6.36. The van der Waals surface area contributed by atoms with Gasteiger partial charge in [-0.05, 0) is 86.5 Å². The Balaban J connectivity index is 0.000000601. The second-order valence-electron chi connectivity index (χ2n) is 11.4. The lowest BCUT2D eigenvalue weighted by Crippen LogP contribution is -2.22. The van der Waals surface area contributed by atoms with Gasteiger partial charge in [-0.3, -0.25) is 9.78 Å². The van der Waals surface area contributed by atoms with E-state index in [0.717, 1.165) is 0 Å². The van der Waals surface area contributed by atoms with Crippen molar-refractivity contribution in [1.82, 2.24) is 19.9 Å². The lowest BCUT2D eigenvalue weighted by Gasteiger charge is -2.14. The summed E-state index contributed by atoms with van der Waals surface area (Å²) in [5.74, 6) is -0.111. The van der Waals surface area contributed by atoms with E-state index in [1.807, 2.05) is 58.5 Å². The summed E-state index contributed by atoms with van der Waals surface area (Å²) in [5.41, 5.74) is 9.47. The molecular formula is C42H46F2N6O3. The third kappa shape index (κ3) is 12.7. The maximum absolute atomic E-state index is 14.8. The van der Waals surface area contributed by atoms with Crippen LogP contribution >= 0.6 is 0 Å². The molecule has 276 valence electrons. The van der Waals surface area contributed by atoms with Gasteiger partial charge in [-0.1, -0.05) is 50.3 Å². The fourth-order valence-corrected chi connectivity index (χ4v) is 4.55. The van der Waals surface area contributed by atoms with Crippen LogP contribution in [-0.2, 0) is 13.6 Å². The van der Waals surface area contributed by atoms with Crippen molar-refractivity contribution >= 4 is 17.4 Å². The third-order valence-corrected chi connectivity index (χ3v) is 6.91. The van der Waals surface area contributed by atoms with Gasteiger partial charge in [0.25, 0.3) is 5.91 Å². The number of amidine groups is 1. The summed E-state index contributed by atoms with van der Waals surface area (Å²) < 4.78 is 41.7. The van der Waals surface area contributed by atoms with E-state index < -0.39 is 11.7 Å². The molecule has 6 rings (SSSR count). The maximum Gasteiger partial charge on any atom is 0.287 e. The van der Waals surface area contributed by atoms with Crippen molar-refractivity contribution in [2.75, 3.05) is 0 Å². The number of hydrogen-bond donors (Lipinski definition) is 2. The number of hydrogen-bond acceptors (Lipinski definition) is 6. The number of ether oxygens (including phenoxy) is 1. The van der Waals surface area contributed by atoms with Gasteiger partial charge >= 0.3 is 0 Å². The smallest absolute Gasteiger partial charge is 0.287 e. The molecule has 0 atom stereocenters. The van der Waals surface area contributed by atoms with E-state index in [-0.39, 0.29) is 30.1 Å². The molecule has 0 bridgehead atoms. The zero-order valence-corrected chi connectivity index (χ0v) is 30.9. The Morgan fingerprint density at radius 1 is 1.00 bits per heavy atom. The molecule has 3 heterocycles. The van der Waals surface area contributed by atoms with Crippen molar-refractivity contribution in [3.8, 4) is 28.2 Å². The van der Waals surface area contributed by atoms with Gasteiger partial charge in [0.15, 0.2) is 5.76 Å². The van der Waals surface area contributed by atoms with Gasteiger partial charge in [0, 0.05) is 43.8 Å². The minimum Gasteiger partial charge on any atom is -0.490 e. The Kier molecular flexibility index (Phi) is 16.4. The average molecular weight is 721 g/mol. The number of allylic oxidation sites excluding steroid dienone is 1. The number of imidazole rings is 1. The number of amides is 1. The van der Waals surface area contributed by atoms with Crippen LogP contribution in [-0.4, -0.2) is 32.4 Å². The van der Waals surface area contributed by atoms with Crippen LogP contribution in [0.1, 0.15) is 56.4 Å². The molecule has 0 aliphatic rings. The number of nitrogens with two attached hydrogens (primary N) is 1. The van der Waals surface area contributed by atoms with Crippen LogP contribution in [0.3, 0.4) is 0 Å². The topological polar surface area (TPSA) is 121 Å². The van der Waals surface area contributed by atoms with Gasteiger partial charge < -0.3 is 24.8 Å². The quantitative estimate of drug-likeness (QED) is 0.0872. The van der Waals surface area contributed by atoms with Crippen molar-refractivity contribution in [1.29, 1.82) is 0 Å². The number of furan rings is 1. The van der Waals surface area contributed by atoms with Crippen LogP contribution in [0.4, 0.5) is 14.5 Å². The highest BCUT2D eigenvalue weighted by atomic mass is 19.1. The molecule has 0 spiro atoms. The van der Waals surface area contributed by atoms with Gasteiger partial charge in [-0.25, -0.2) is 18.8 Å². The lowest BCUT2D eigenvalue weighted by molar-refractivity contribution is 0.0923. The first kappa shape index (κ1) is 41.1. The zero-order valence-electron chi connectivity index (χ0n) is 30.9. The largest absolute Gasteiger partial charge is 0.490 e. The number of nitrogens with zero attached hydrogens (tertiary/aromatic N) is 4. The summed E-state index contributed by atoms with van der Waals surface area (Å²) in [4.78, 5) is 25.3. The number of carbonyl (C=O) groups is 1. The standard InChI is InChI=1S/C33H28F2N4O3.C4H6N2.C3H6.C2H6/c1-20(2)41-31-18-25(39-32(36)28-5-3-4-16-37-28)12-13-26(31)29-14-15-30(42-29)33(40)38-19-23-7-6-22(17-27(23)35)21-8-10-24(34)11-9-21;1-6-3-2-5-4-6;1-3-2;1-2/h3-18,20H,19H2,1-2H3,(H2,36,39)(H,38,40);2-4H,1H3;3H,1H2,2H3;1-2H3. The van der Waals surface area contributed by atoms with Crippen LogP contribution in [0.2, 0.25) is 0 Å². The lowest BCUT2D eigenvalue weighted by atomic mass is 10.0. The van der Waals surface area contributed by atoms with Crippen LogP contribution < -0.4 is 15.8 Å². The van der Waals surface area contributed by atoms with Crippen LogP contribution in [0.15, 0.2) is 138 Å². The van der Waals surface area contributed by atoms with E-state index in [1.165, 1.54) is 18.2 Å². The van der Waals surface area contributed by atoms with Crippen molar-refractivity contribution in [2.45, 2.75) is 47.3 Å². The van der Waals surface area contributed by atoms with E-state index in [4.69, 9.17) is 14.9 Å². The highest BCUT2D eigenvalue weighted by Gasteiger charge is 2.17. The molecule has 11 heteroatoms. The van der Waals surface area contributed by atoms with E-state index in [1.54, 1.807) is 91.5 Å². The zero-order chi connectivity index (χ0) is 38.8.